The molecule has 2 rings (SSSR count). The minimum absolute atomic E-state index is 0.0398. The number of amides is 1. The molecule has 92 valence electrons. The van der Waals surface area contributed by atoms with E-state index in [0.29, 0.717) is 23.4 Å². The zero-order chi connectivity index (χ0) is 12.6. The lowest BCUT2D eigenvalue weighted by Gasteiger charge is -2.08. The summed E-state index contributed by atoms with van der Waals surface area (Å²) in [5.74, 6) is 0.415. The molecule has 0 bridgehead atoms. The molecule has 1 amide bonds. The van der Waals surface area contributed by atoms with Crippen molar-refractivity contribution in [2.24, 2.45) is 11.3 Å². The third kappa shape index (κ3) is 2.91. The molecule has 1 aliphatic rings. The molecule has 0 aliphatic heterocycles. The maximum absolute atomic E-state index is 11.9. The zero-order valence-electron chi connectivity index (χ0n) is 9.96. The molecule has 0 spiro atoms. The van der Waals surface area contributed by atoms with E-state index in [2.05, 4.69) is 41.8 Å². The van der Waals surface area contributed by atoms with E-state index in [4.69, 9.17) is 0 Å². The van der Waals surface area contributed by atoms with E-state index in [0.717, 1.165) is 9.99 Å². The van der Waals surface area contributed by atoms with Crippen LogP contribution in [0.2, 0.25) is 0 Å². The summed E-state index contributed by atoms with van der Waals surface area (Å²) in [5.41, 5.74) is 0.718. The van der Waals surface area contributed by atoms with Gasteiger partial charge in [0.05, 0.1) is 5.56 Å². The number of aromatic hydroxyl groups is 1. The number of hydrogen-bond acceptors (Lipinski definition) is 2. The van der Waals surface area contributed by atoms with Crippen LogP contribution in [-0.2, 0) is 0 Å². The van der Waals surface area contributed by atoms with Gasteiger partial charge in [-0.15, -0.1) is 0 Å². The summed E-state index contributed by atoms with van der Waals surface area (Å²) < 4.78 is 0.942. The predicted molar refractivity (Wildman–Crippen MR) is 75.0 cm³/mol. The van der Waals surface area contributed by atoms with E-state index in [1.54, 1.807) is 18.2 Å². The Kier molecular flexibility index (Phi) is 3.34. The highest BCUT2D eigenvalue weighted by atomic mass is 127. The van der Waals surface area contributed by atoms with Crippen molar-refractivity contribution in [3.63, 3.8) is 0 Å². The minimum atomic E-state index is -0.191. The zero-order valence-corrected chi connectivity index (χ0v) is 12.1. The molecule has 0 heterocycles. The molecule has 4 heteroatoms. The third-order valence-electron chi connectivity index (χ3n) is 3.43. The van der Waals surface area contributed by atoms with Crippen LogP contribution >= 0.6 is 22.6 Å². The lowest BCUT2D eigenvalue weighted by molar-refractivity contribution is 0.0948. The Morgan fingerprint density at radius 3 is 2.82 bits per heavy atom. The molecule has 1 unspecified atom stereocenters. The first-order valence-corrected chi connectivity index (χ1v) is 6.75. The van der Waals surface area contributed by atoms with E-state index in [1.165, 1.54) is 0 Å². The van der Waals surface area contributed by atoms with Crippen molar-refractivity contribution in [2.75, 3.05) is 6.54 Å². The van der Waals surface area contributed by atoms with Gasteiger partial charge in [-0.3, -0.25) is 4.79 Å². The van der Waals surface area contributed by atoms with E-state index < -0.39 is 0 Å². The van der Waals surface area contributed by atoms with Crippen molar-refractivity contribution in [1.29, 1.82) is 0 Å². The smallest absolute Gasteiger partial charge is 0.255 e. The van der Waals surface area contributed by atoms with Gasteiger partial charge in [0.15, 0.2) is 0 Å². The molecular weight excluding hydrogens is 329 g/mol. The molecule has 2 N–H and O–H groups in total. The highest BCUT2D eigenvalue weighted by molar-refractivity contribution is 14.1. The second kappa shape index (κ2) is 4.48. The van der Waals surface area contributed by atoms with Gasteiger partial charge in [0.1, 0.15) is 5.75 Å². The van der Waals surface area contributed by atoms with E-state index in [1.807, 2.05) is 0 Å². The van der Waals surface area contributed by atoms with E-state index in [9.17, 15) is 9.90 Å². The first-order chi connectivity index (χ1) is 7.90. The second-order valence-corrected chi connectivity index (χ2v) is 6.51. The molecule has 1 aromatic carbocycles. The van der Waals surface area contributed by atoms with Gasteiger partial charge in [-0.2, -0.15) is 0 Å². The predicted octanol–water partition coefficient (Wildman–Crippen LogP) is 2.77. The van der Waals surface area contributed by atoms with Crippen molar-refractivity contribution >= 4 is 28.5 Å². The molecule has 1 aromatic rings. The number of carbonyl (C=O) groups is 1. The Morgan fingerprint density at radius 1 is 1.59 bits per heavy atom. The number of benzene rings is 1. The van der Waals surface area contributed by atoms with Crippen molar-refractivity contribution in [2.45, 2.75) is 20.3 Å². The van der Waals surface area contributed by atoms with Crippen LogP contribution < -0.4 is 5.32 Å². The second-order valence-electron chi connectivity index (χ2n) is 5.26. The number of nitrogens with one attached hydrogen (secondary N) is 1. The molecule has 1 fully saturated rings. The number of halogens is 1. The van der Waals surface area contributed by atoms with Crippen LogP contribution in [0.25, 0.3) is 0 Å². The highest BCUT2D eigenvalue weighted by Gasteiger charge is 2.45. The third-order valence-corrected chi connectivity index (χ3v) is 4.10. The maximum Gasteiger partial charge on any atom is 0.255 e. The van der Waals surface area contributed by atoms with Crippen molar-refractivity contribution < 1.29 is 9.90 Å². The van der Waals surface area contributed by atoms with Crippen LogP contribution in [0.15, 0.2) is 18.2 Å². The molecule has 1 aliphatic carbocycles. The van der Waals surface area contributed by atoms with Crippen molar-refractivity contribution in [3.8, 4) is 5.75 Å². The fourth-order valence-electron chi connectivity index (χ4n) is 1.93. The number of carbonyl (C=O) groups excluding carboxylic acids is 1. The van der Waals surface area contributed by atoms with Gasteiger partial charge in [-0.05, 0) is 58.5 Å². The molecule has 0 aromatic heterocycles. The normalized spacial score (nSPS) is 21.0. The van der Waals surface area contributed by atoms with Crippen LogP contribution in [-0.4, -0.2) is 17.6 Å². The van der Waals surface area contributed by atoms with Gasteiger partial charge < -0.3 is 10.4 Å². The maximum atomic E-state index is 11.9. The van der Waals surface area contributed by atoms with Crippen molar-refractivity contribution in [3.05, 3.63) is 27.3 Å². The molecule has 17 heavy (non-hydrogen) atoms. The first kappa shape index (κ1) is 12.7. The Labute approximate surface area is 115 Å². The summed E-state index contributed by atoms with van der Waals surface area (Å²) in [7, 11) is 0. The summed E-state index contributed by atoms with van der Waals surface area (Å²) in [6.07, 6.45) is 1.16. The van der Waals surface area contributed by atoms with Crippen LogP contribution in [0.4, 0.5) is 0 Å². The van der Waals surface area contributed by atoms with Gasteiger partial charge in [0.25, 0.3) is 5.91 Å². The van der Waals surface area contributed by atoms with Crippen LogP contribution in [0.5, 0.6) is 5.75 Å². The summed E-state index contributed by atoms with van der Waals surface area (Å²) in [6.45, 7) is 5.09. The lowest BCUT2D eigenvalue weighted by atomic mass is 10.1. The Morgan fingerprint density at radius 2 is 2.24 bits per heavy atom. The number of phenolic OH excluding ortho intramolecular Hbond substituents is 1. The lowest BCUT2D eigenvalue weighted by Crippen LogP contribution is -2.26. The summed E-state index contributed by atoms with van der Waals surface area (Å²) >= 11 is 2.12. The number of rotatable bonds is 3. The Hall–Kier alpha value is -0.780. The molecule has 1 saturated carbocycles. The first-order valence-electron chi connectivity index (χ1n) is 5.67. The quantitative estimate of drug-likeness (QED) is 0.828. The highest BCUT2D eigenvalue weighted by Crippen LogP contribution is 2.51. The molecule has 1 atom stereocenters. The number of phenols is 1. The van der Waals surface area contributed by atoms with Gasteiger partial charge in [0.2, 0.25) is 0 Å². The summed E-state index contributed by atoms with van der Waals surface area (Å²) in [4.78, 5) is 11.9. The van der Waals surface area contributed by atoms with Gasteiger partial charge in [0, 0.05) is 10.1 Å². The largest absolute Gasteiger partial charge is 0.507 e. The fourth-order valence-corrected chi connectivity index (χ4v) is 2.42. The number of hydrogen-bond donors (Lipinski definition) is 2. The molecule has 0 saturated heterocycles. The molecular formula is C13H16INO2. The van der Waals surface area contributed by atoms with E-state index in [-0.39, 0.29) is 11.7 Å². The van der Waals surface area contributed by atoms with E-state index >= 15 is 0 Å². The van der Waals surface area contributed by atoms with Crippen molar-refractivity contribution in [1.82, 2.24) is 5.32 Å². The molecule has 3 nitrogen and oxygen atoms in total. The fraction of sp³-hybridized carbons (Fsp3) is 0.462. The standard InChI is InChI=1S/C13H16INO2/c1-13(2)6-8(13)7-15-12(17)10-5-9(14)3-4-11(10)16/h3-5,8,16H,6-7H2,1-2H3,(H,15,17). The topological polar surface area (TPSA) is 49.3 Å². The van der Waals surface area contributed by atoms with Gasteiger partial charge >= 0.3 is 0 Å². The monoisotopic (exact) mass is 345 g/mol. The Balaban J connectivity index is 1.98. The van der Waals surface area contributed by atoms with Gasteiger partial charge in [-0.1, -0.05) is 13.8 Å². The van der Waals surface area contributed by atoms with Crippen LogP contribution in [0.1, 0.15) is 30.6 Å². The average molecular weight is 345 g/mol. The minimum Gasteiger partial charge on any atom is -0.507 e. The summed E-state index contributed by atoms with van der Waals surface area (Å²) in [5, 5.41) is 12.5. The average Bonchev–Trinajstić information content (AvgIpc) is 2.87. The van der Waals surface area contributed by atoms with Gasteiger partial charge in [-0.25, -0.2) is 0 Å². The SMILES string of the molecule is CC1(C)CC1CNC(=O)c1cc(I)ccc1O. The van der Waals surface area contributed by atoms with Crippen LogP contribution in [0, 0.1) is 14.9 Å². The molecule has 0 radical (unpaired) electrons. The van der Waals surface area contributed by atoms with Crippen LogP contribution in [0.3, 0.4) is 0 Å². The summed E-state index contributed by atoms with van der Waals surface area (Å²) in [6, 6.07) is 5.03. The Bertz CT molecular complexity index is 457.